The summed E-state index contributed by atoms with van der Waals surface area (Å²) in [5.74, 6) is 0.600. The highest BCUT2D eigenvalue weighted by Gasteiger charge is 2.37. The fraction of sp³-hybridized carbons (Fsp3) is 0.452. The fourth-order valence-corrected chi connectivity index (χ4v) is 6.62. The molecule has 5 rings (SSSR count). The minimum absolute atomic E-state index is 0.0557. The number of ether oxygens (including phenoxy) is 1. The van der Waals surface area contributed by atoms with E-state index in [1.807, 2.05) is 28.5 Å². The van der Waals surface area contributed by atoms with Crippen LogP contribution in [-0.2, 0) is 11.3 Å². The van der Waals surface area contributed by atoms with E-state index >= 15 is 0 Å². The molecule has 0 unspecified atom stereocenters. The first-order valence-corrected chi connectivity index (χ1v) is 15.3. The lowest BCUT2D eigenvalue weighted by molar-refractivity contribution is -0.146. The van der Waals surface area contributed by atoms with Crippen molar-refractivity contribution in [1.82, 2.24) is 20.1 Å². The van der Waals surface area contributed by atoms with Gasteiger partial charge in [0.05, 0.1) is 10.0 Å². The highest BCUT2D eigenvalue weighted by atomic mass is 35.5. The van der Waals surface area contributed by atoms with Crippen molar-refractivity contribution in [2.75, 3.05) is 26.2 Å². The summed E-state index contributed by atoms with van der Waals surface area (Å²) < 4.78 is 6.00. The Labute approximate surface area is 245 Å². The first-order chi connectivity index (χ1) is 19.3. The molecule has 1 aromatic heterocycles. The van der Waals surface area contributed by atoms with Crippen LogP contribution in [-0.4, -0.2) is 64.4 Å². The molecule has 2 amide bonds. The number of benzene rings is 2. The smallest absolute Gasteiger partial charge is 0.270 e. The van der Waals surface area contributed by atoms with Gasteiger partial charge < -0.3 is 15.0 Å². The summed E-state index contributed by atoms with van der Waals surface area (Å²) in [6, 6.07) is 17.9. The number of hydrogen-bond donors (Lipinski definition) is 1. The second-order valence-corrected chi connectivity index (χ2v) is 12.5. The van der Waals surface area contributed by atoms with E-state index in [4.69, 9.17) is 21.3 Å². The first-order valence-electron chi connectivity index (χ1n) is 14.0. The van der Waals surface area contributed by atoms with Crippen molar-refractivity contribution in [2.45, 2.75) is 63.6 Å². The van der Waals surface area contributed by atoms with Gasteiger partial charge in [0.2, 0.25) is 0 Å². The highest BCUT2D eigenvalue weighted by molar-refractivity contribution is 7.09. The normalized spacial score (nSPS) is 17.5. The van der Waals surface area contributed by atoms with Crippen LogP contribution in [0.3, 0.4) is 0 Å². The van der Waals surface area contributed by atoms with E-state index in [2.05, 4.69) is 34.5 Å². The molecular formula is C31H37ClN4O3S. The van der Waals surface area contributed by atoms with Crippen LogP contribution in [0, 0.1) is 0 Å². The summed E-state index contributed by atoms with van der Waals surface area (Å²) in [6.45, 7) is 7.71. The van der Waals surface area contributed by atoms with E-state index < -0.39 is 5.60 Å². The molecular weight excluding hydrogens is 544 g/mol. The maximum absolute atomic E-state index is 13.3. The van der Waals surface area contributed by atoms with Crippen LogP contribution >= 0.6 is 22.9 Å². The van der Waals surface area contributed by atoms with Gasteiger partial charge in [-0.15, -0.1) is 11.3 Å². The Hall–Kier alpha value is -2.94. The van der Waals surface area contributed by atoms with Crippen LogP contribution in [0.15, 0.2) is 60.0 Å². The Bertz CT molecular complexity index is 1300. The van der Waals surface area contributed by atoms with Gasteiger partial charge in [0.1, 0.15) is 11.4 Å². The Morgan fingerprint density at radius 2 is 1.68 bits per heavy atom. The van der Waals surface area contributed by atoms with Gasteiger partial charge in [-0.2, -0.15) is 0 Å². The fourth-order valence-electron chi connectivity index (χ4n) is 5.47. The van der Waals surface area contributed by atoms with Crippen molar-refractivity contribution >= 4 is 34.8 Å². The molecule has 2 saturated heterocycles. The third kappa shape index (κ3) is 7.03. The van der Waals surface area contributed by atoms with Crippen molar-refractivity contribution in [3.8, 4) is 5.75 Å². The van der Waals surface area contributed by atoms with Crippen LogP contribution < -0.4 is 10.1 Å². The maximum atomic E-state index is 13.3. The molecule has 3 aromatic rings. The van der Waals surface area contributed by atoms with Crippen molar-refractivity contribution in [3.63, 3.8) is 0 Å². The van der Waals surface area contributed by atoms with Crippen LogP contribution in [0.1, 0.15) is 66.5 Å². The second kappa shape index (κ2) is 12.7. The third-order valence-electron chi connectivity index (χ3n) is 7.77. The lowest BCUT2D eigenvalue weighted by Crippen LogP contribution is -2.51. The number of amides is 2. The van der Waals surface area contributed by atoms with Crippen molar-refractivity contribution in [1.29, 1.82) is 0 Å². The van der Waals surface area contributed by atoms with Gasteiger partial charge >= 0.3 is 0 Å². The molecule has 7 nitrogen and oxygen atoms in total. The van der Waals surface area contributed by atoms with Crippen LogP contribution in [0.2, 0.25) is 5.02 Å². The number of aromatic nitrogens is 1. The molecule has 0 atom stereocenters. The number of rotatable bonds is 8. The molecule has 0 spiro atoms. The predicted octanol–water partition coefficient (Wildman–Crippen LogP) is 5.75. The molecule has 0 radical (unpaired) electrons. The lowest BCUT2D eigenvalue weighted by atomic mass is 9.96. The van der Waals surface area contributed by atoms with E-state index in [9.17, 15) is 9.59 Å². The average Bonchev–Trinajstić information content (AvgIpc) is 3.46. The van der Waals surface area contributed by atoms with E-state index in [1.165, 1.54) is 5.56 Å². The number of carbonyl (C=O) groups excluding carboxylic acids is 2. The zero-order valence-electron chi connectivity index (χ0n) is 23.1. The van der Waals surface area contributed by atoms with Crippen LogP contribution in [0.5, 0.6) is 5.75 Å². The Morgan fingerprint density at radius 3 is 2.38 bits per heavy atom. The molecule has 0 aliphatic carbocycles. The van der Waals surface area contributed by atoms with E-state index in [0.717, 1.165) is 50.3 Å². The summed E-state index contributed by atoms with van der Waals surface area (Å²) in [5.41, 5.74) is 0.797. The average molecular weight is 581 g/mol. The van der Waals surface area contributed by atoms with E-state index in [0.29, 0.717) is 29.6 Å². The number of piperidine rings is 2. The Morgan fingerprint density at radius 1 is 1.00 bits per heavy atom. The van der Waals surface area contributed by atoms with Crippen molar-refractivity contribution < 1.29 is 14.3 Å². The molecule has 2 aliphatic rings. The van der Waals surface area contributed by atoms with Crippen LogP contribution in [0.25, 0.3) is 0 Å². The Balaban J connectivity index is 1.08. The quantitative estimate of drug-likeness (QED) is 0.367. The first kappa shape index (κ1) is 28.6. The van der Waals surface area contributed by atoms with Crippen molar-refractivity contribution in [3.05, 3.63) is 81.3 Å². The number of hydrogen-bond acceptors (Lipinski definition) is 6. The zero-order valence-corrected chi connectivity index (χ0v) is 24.7. The minimum atomic E-state index is -1.03. The molecule has 0 saturated carbocycles. The summed E-state index contributed by atoms with van der Waals surface area (Å²) in [4.78, 5) is 35.2. The number of nitrogens with one attached hydrogen (secondary N) is 1. The number of para-hydroxylation sites is 1. The van der Waals surface area contributed by atoms with Gasteiger partial charge in [-0.1, -0.05) is 54.1 Å². The molecule has 1 N–H and O–H groups in total. The molecule has 0 bridgehead atoms. The predicted molar refractivity (Wildman–Crippen MR) is 159 cm³/mol. The number of thiazole rings is 1. The lowest BCUT2D eigenvalue weighted by Gasteiger charge is -2.36. The van der Waals surface area contributed by atoms with Gasteiger partial charge in [0.25, 0.3) is 11.8 Å². The summed E-state index contributed by atoms with van der Waals surface area (Å²) in [7, 11) is 0. The van der Waals surface area contributed by atoms with Gasteiger partial charge in [-0.05, 0) is 57.2 Å². The zero-order chi connectivity index (χ0) is 28.1. The molecule has 3 heterocycles. The molecule has 2 aromatic carbocycles. The second-order valence-electron chi connectivity index (χ2n) is 11.2. The molecule has 212 valence electrons. The summed E-state index contributed by atoms with van der Waals surface area (Å²) >= 11 is 7.78. The summed E-state index contributed by atoms with van der Waals surface area (Å²) in [6.07, 6.45) is 3.50. The molecule has 2 fully saturated rings. The van der Waals surface area contributed by atoms with Crippen molar-refractivity contribution in [2.24, 2.45) is 0 Å². The van der Waals surface area contributed by atoms with Gasteiger partial charge in [0.15, 0.2) is 5.60 Å². The number of nitrogens with zero attached hydrogens (tertiary/aromatic N) is 3. The number of halogens is 1. The van der Waals surface area contributed by atoms with Crippen LogP contribution in [0.4, 0.5) is 0 Å². The SMILES string of the molecule is CC(C)(Oc1ccccc1Cl)C(=O)N1CCC(c2nc(C(=O)NC3CCN(Cc4ccccc4)CC3)cs2)CC1. The van der Waals surface area contributed by atoms with E-state index in [1.54, 1.807) is 37.3 Å². The van der Waals surface area contributed by atoms with E-state index in [-0.39, 0.29) is 23.8 Å². The Kier molecular flexibility index (Phi) is 9.08. The molecule has 9 heteroatoms. The topological polar surface area (TPSA) is 74.8 Å². The largest absolute Gasteiger partial charge is 0.476 e. The maximum Gasteiger partial charge on any atom is 0.270 e. The third-order valence-corrected chi connectivity index (χ3v) is 9.09. The van der Waals surface area contributed by atoms with Gasteiger partial charge in [-0.25, -0.2) is 4.98 Å². The molecule has 2 aliphatic heterocycles. The van der Waals surface area contributed by atoms with Gasteiger partial charge in [0, 0.05) is 50.1 Å². The van der Waals surface area contributed by atoms with Gasteiger partial charge in [-0.3, -0.25) is 14.5 Å². The monoisotopic (exact) mass is 580 g/mol. The highest BCUT2D eigenvalue weighted by Crippen LogP contribution is 2.33. The minimum Gasteiger partial charge on any atom is -0.476 e. The number of likely N-dealkylation sites (tertiary alicyclic amines) is 2. The summed E-state index contributed by atoms with van der Waals surface area (Å²) in [5, 5.41) is 6.53. The number of carbonyl (C=O) groups is 2. The standard InChI is InChI=1S/C31H37ClN4O3S/c1-31(2,39-27-11-7-6-10-25(27)32)30(38)36-18-12-23(13-19-36)29-34-26(21-40-29)28(37)33-24-14-16-35(17-15-24)20-22-8-4-3-5-9-22/h3-11,21,23-24H,12-20H2,1-2H3,(H,33,37). The molecule has 40 heavy (non-hydrogen) atoms.